The number of hydrogen-bond donors (Lipinski definition) is 1. The zero-order valence-corrected chi connectivity index (χ0v) is 13.5. The quantitative estimate of drug-likeness (QED) is 0.628. The van der Waals surface area contributed by atoms with Crippen LogP contribution >= 0.6 is 0 Å². The number of ether oxygens (including phenoxy) is 1. The zero-order valence-electron chi connectivity index (χ0n) is 12.7. The molecule has 0 aromatic rings. The molecular formula is C15H31NO2S. The van der Waals surface area contributed by atoms with Crippen LogP contribution in [0.25, 0.3) is 0 Å². The van der Waals surface area contributed by atoms with E-state index >= 15 is 0 Å². The first-order chi connectivity index (χ1) is 9.27. The molecule has 2 unspecified atom stereocenters. The standard InChI is InChI=1S/C15H31NO2S/c1-3-10-16-15(14-8-5-4-6-9-14)13-19(17)12-7-11-18-2/h14-16H,3-13H2,1-2H3. The van der Waals surface area contributed by atoms with Crippen molar-refractivity contribution < 1.29 is 8.95 Å². The fourth-order valence-electron chi connectivity index (χ4n) is 2.88. The van der Waals surface area contributed by atoms with Crippen LogP contribution in [0.5, 0.6) is 0 Å². The SMILES string of the molecule is CCCNC(CS(=O)CCCOC)C1CCCCC1. The Bertz CT molecular complexity index is 242. The van der Waals surface area contributed by atoms with E-state index in [0.717, 1.165) is 43.4 Å². The Balaban J connectivity index is 2.36. The van der Waals surface area contributed by atoms with E-state index in [9.17, 15) is 4.21 Å². The maximum atomic E-state index is 12.1. The topological polar surface area (TPSA) is 38.3 Å². The van der Waals surface area contributed by atoms with Gasteiger partial charge in [-0.1, -0.05) is 26.2 Å². The van der Waals surface area contributed by atoms with E-state index in [1.165, 1.54) is 32.1 Å². The summed E-state index contributed by atoms with van der Waals surface area (Å²) in [5.74, 6) is 2.35. The second-order valence-corrected chi connectivity index (χ2v) is 7.24. The normalized spacial score (nSPS) is 20.3. The average molecular weight is 289 g/mol. The molecule has 2 atom stereocenters. The highest BCUT2D eigenvalue weighted by molar-refractivity contribution is 7.85. The molecule has 0 amide bonds. The number of methoxy groups -OCH3 is 1. The van der Waals surface area contributed by atoms with Gasteiger partial charge in [-0.3, -0.25) is 4.21 Å². The van der Waals surface area contributed by atoms with Crippen molar-refractivity contribution in [3.05, 3.63) is 0 Å². The van der Waals surface area contributed by atoms with Crippen LogP contribution in [0.1, 0.15) is 51.9 Å². The van der Waals surface area contributed by atoms with E-state index in [2.05, 4.69) is 12.2 Å². The summed E-state index contributed by atoms with van der Waals surface area (Å²) in [6.45, 7) is 3.97. The van der Waals surface area contributed by atoms with Crippen molar-refractivity contribution in [3.63, 3.8) is 0 Å². The molecule has 114 valence electrons. The van der Waals surface area contributed by atoms with Gasteiger partial charge in [-0.15, -0.1) is 0 Å². The van der Waals surface area contributed by atoms with Crippen molar-refractivity contribution in [2.24, 2.45) is 5.92 Å². The van der Waals surface area contributed by atoms with Crippen LogP contribution in [0, 0.1) is 5.92 Å². The molecule has 3 nitrogen and oxygen atoms in total. The molecule has 1 fully saturated rings. The highest BCUT2D eigenvalue weighted by Gasteiger charge is 2.24. The lowest BCUT2D eigenvalue weighted by molar-refractivity contribution is 0.200. The molecule has 1 N–H and O–H groups in total. The lowest BCUT2D eigenvalue weighted by Gasteiger charge is -2.31. The largest absolute Gasteiger partial charge is 0.385 e. The van der Waals surface area contributed by atoms with Gasteiger partial charge < -0.3 is 10.1 Å². The average Bonchev–Trinajstić information content (AvgIpc) is 2.44. The molecule has 1 aliphatic carbocycles. The van der Waals surface area contributed by atoms with E-state index in [0.29, 0.717) is 6.04 Å². The lowest BCUT2D eigenvalue weighted by Crippen LogP contribution is -2.42. The lowest BCUT2D eigenvalue weighted by atomic mass is 9.84. The monoisotopic (exact) mass is 289 g/mol. The molecule has 0 aromatic heterocycles. The molecule has 0 aromatic carbocycles. The Morgan fingerprint density at radius 1 is 1.32 bits per heavy atom. The van der Waals surface area contributed by atoms with Gasteiger partial charge in [0.2, 0.25) is 0 Å². The minimum absolute atomic E-state index is 0.462. The Kier molecular flexibility index (Phi) is 9.74. The van der Waals surface area contributed by atoms with Crippen molar-refractivity contribution in [2.45, 2.75) is 57.9 Å². The highest BCUT2D eigenvalue weighted by Crippen LogP contribution is 2.27. The first-order valence-electron chi connectivity index (χ1n) is 7.85. The van der Waals surface area contributed by atoms with Crippen LogP contribution in [-0.2, 0) is 15.5 Å². The summed E-state index contributed by atoms with van der Waals surface area (Å²) in [7, 11) is 1.01. The molecular weight excluding hydrogens is 258 g/mol. The van der Waals surface area contributed by atoms with Crippen molar-refractivity contribution >= 4 is 10.8 Å². The summed E-state index contributed by atoms with van der Waals surface area (Å²) in [5.41, 5.74) is 0. The van der Waals surface area contributed by atoms with Gasteiger partial charge in [0.1, 0.15) is 0 Å². The first kappa shape index (κ1) is 17.1. The molecule has 0 spiro atoms. The third kappa shape index (κ3) is 7.42. The smallest absolute Gasteiger partial charge is 0.0471 e. The zero-order chi connectivity index (χ0) is 13.9. The first-order valence-corrected chi connectivity index (χ1v) is 9.34. The highest BCUT2D eigenvalue weighted by atomic mass is 32.2. The summed E-state index contributed by atoms with van der Waals surface area (Å²) >= 11 is 0. The van der Waals surface area contributed by atoms with Crippen LogP contribution in [0.15, 0.2) is 0 Å². The van der Waals surface area contributed by atoms with E-state index < -0.39 is 10.8 Å². The Morgan fingerprint density at radius 3 is 2.68 bits per heavy atom. The molecule has 1 rings (SSSR count). The van der Waals surface area contributed by atoms with Crippen molar-refractivity contribution in [1.82, 2.24) is 5.32 Å². The fourth-order valence-corrected chi connectivity index (χ4v) is 4.27. The molecule has 19 heavy (non-hydrogen) atoms. The van der Waals surface area contributed by atoms with Crippen LogP contribution in [0.3, 0.4) is 0 Å². The minimum Gasteiger partial charge on any atom is -0.385 e. The van der Waals surface area contributed by atoms with E-state index in [-0.39, 0.29) is 0 Å². The van der Waals surface area contributed by atoms with E-state index in [1.807, 2.05) is 0 Å². The molecule has 0 radical (unpaired) electrons. The molecule has 1 aliphatic rings. The molecule has 0 heterocycles. The molecule has 0 aliphatic heterocycles. The predicted molar refractivity (Wildman–Crippen MR) is 83.0 cm³/mol. The summed E-state index contributed by atoms with van der Waals surface area (Å²) in [4.78, 5) is 0. The third-order valence-corrected chi connectivity index (χ3v) is 5.44. The van der Waals surface area contributed by atoms with Gasteiger partial charge in [-0.05, 0) is 38.1 Å². The van der Waals surface area contributed by atoms with Crippen molar-refractivity contribution in [2.75, 3.05) is 31.8 Å². The van der Waals surface area contributed by atoms with Gasteiger partial charge in [-0.25, -0.2) is 0 Å². The van der Waals surface area contributed by atoms with Gasteiger partial charge >= 0.3 is 0 Å². The Morgan fingerprint density at radius 2 is 2.05 bits per heavy atom. The van der Waals surface area contributed by atoms with Crippen LogP contribution < -0.4 is 5.32 Å². The summed E-state index contributed by atoms with van der Waals surface area (Å²) in [6, 6.07) is 0.462. The second-order valence-electron chi connectivity index (χ2n) is 5.62. The van der Waals surface area contributed by atoms with E-state index in [1.54, 1.807) is 7.11 Å². The molecule has 0 saturated heterocycles. The fraction of sp³-hybridized carbons (Fsp3) is 1.00. The molecule has 4 heteroatoms. The number of hydrogen-bond acceptors (Lipinski definition) is 3. The van der Waals surface area contributed by atoms with Crippen molar-refractivity contribution in [3.8, 4) is 0 Å². The van der Waals surface area contributed by atoms with Gasteiger partial charge in [0.05, 0.1) is 0 Å². The summed E-state index contributed by atoms with van der Waals surface area (Å²) < 4.78 is 17.2. The van der Waals surface area contributed by atoms with Gasteiger partial charge in [-0.2, -0.15) is 0 Å². The number of nitrogens with one attached hydrogen (secondary N) is 1. The Hall–Kier alpha value is 0.0700. The summed E-state index contributed by atoms with van der Waals surface area (Å²) in [6.07, 6.45) is 8.78. The maximum Gasteiger partial charge on any atom is 0.0471 e. The third-order valence-electron chi connectivity index (χ3n) is 3.96. The summed E-state index contributed by atoms with van der Waals surface area (Å²) in [5, 5.41) is 3.64. The van der Waals surface area contributed by atoms with Crippen molar-refractivity contribution in [1.29, 1.82) is 0 Å². The Labute approximate surface area is 121 Å². The van der Waals surface area contributed by atoms with Gasteiger partial charge in [0.15, 0.2) is 0 Å². The van der Waals surface area contributed by atoms with Crippen LogP contribution in [0.2, 0.25) is 0 Å². The van der Waals surface area contributed by atoms with E-state index in [4.69, 9.17) is 4.74 Å². The molecule has 0 bridgehead atoms. The maximum absolute atomic E-state index is 12.1. The van der Waals surface area contributed by atoms with Gasteiger partial charge in [0.25, 0.3) is 0 Å². The second kappa shape index (κ2) is 10.8. The minimum atomic E-state index is -0.699. The molecule has 1 saturated carbocycles. The van der Waals surface area contributed by atoms with Crippen LogP contribution in [-0.4, -0.2) is 42.0 Å². The van der Waals surface area contributed by atoms with Gasteiger partial charge in [0, 0.05) is 42.1 Å². The predicted octanol–water partition coefficient (Wildman–Crippen LogP) is 2.72. The van der Waals surface area contributed by atoms with Crippen LogP contribution in [0.4, 0.5) is 0 Å². The number of rotatable bonds is 10.